The maximum atomic E-state index is 12.9. The molecule has 20 heavy (non-hydrogen) atoms. The summed E-state index contributed by atoms with van der Waals surface area (Å²) in [6.07, 6.45) is 0. The molecule has 0 fully saturated rings. The number of halogens is 1. The number of rotatable bonds is 3. The predicted octanol–water partition coefficient (Wildman–Crippen LogP) is 2.94. The fourth-order valence-corrected chi connectivity index (χ4v) is 2.15. The third-order valence-corrected chi connectivity index (χ3v) is 3.18. The maximum absolute atomic E-state index is 12.9. The minimum Gasteiger partial charge on any atom is -0.497 e. The topological polar surface area (TPSA) is 47.3 Å². The van der Waals surface area contributed by atoms with Gasteiger partial charge in [0.25, 0.3) is 0 Å². The Kier molecular flexibility index (Phi) is 3.02. The number of benzene rings is 2. The molecule has 0 atom stereocenters. The molecule has 4 nitrogen and oxygen atoms in total. The van der Waals surface area contributed by atoms with Gasteiger partial charge < -0.3 is 9.84 Å². The van der Waals surface area contributed by atoms with Crippen molar-refractivity contribution in [3.05, 3.63) is 53.8 Å². The van der Waals surface area contributed by atoms with Gasteiger partial charge in [0.15, 0.2) is 0 Å². The lowest BCUT2D eigenvalue weighted by Crippen LogP contribution is -2.01. The van der Waals surface area contributed by atoms with E-state index in [1.54, 1.807) is 30.0 Å². The molecule has 0 spiro atoms. The van der Waals surface area contributed by atoms with Crippen LogP contribution in [0.25, 0.3) is 10.9 Å². The molecule has 3 aromatic rings. The van der Waals surface area contributed by atoms with E-state index in [-0.39, 0.29) is 11.7 Å². The summed E-state index contributed by atoms with van der Waals surface area (Å²) in [7, 11) is 1.57. The largest absolute Gasteiger partial charge is 0.497 e. The smallest absolute Gasteiger partial charge is 0.238 e. The molecule has 0 unspecified atom stereocenters. The molecule has 0 saturated heterocycles. The van der Waals surface area contributed by atoms with Crippen molar-refractivity contribution in [2.75, 3.05) is 7.11 Å². The van der Waals surface area contributed by atoms with Crippen LogP contribution in [0.2, 0.25) is 0 Å². The highest BCUT2D eigenvalue weighted by molar-refractivity contribution is 5.85. The van der Waals surface area contributed by atoms with Crippen LogP contribution in [0.5, 0.6) is 11.6 Å². The van der Waals surface area contributed by atoms with Crippen molar-refractivity contribution in [3.8, 4) is 11.6 Å². The van der Waals surface area contributed by atoms with Crippen LogP contribution in [0.4, 0.5) is 4.39 Å². The Balaban J connectivity index is 2.01. The average Bonchev–Trinajstić information content (AvgIpc) is 2.77. The molecule has 1 heterocycles. The van der Waals surface area contributed by atoms with Crippen LogP contribution in [0, 0.1) is 5.82 Å². The molecule has 5 heteroatoms. The summed E-state index contributed by atoms with van der Waals surface area (Å²) < 4.78 is 19.7. The highest BCUT2D eigenvalue weighted by Gasteiger charge is 2.10. The number of hydrogen-bond acceptors (Lipinski definition) is 3. The summed E-state index contributed by atoms with van der Waals surface area (Å²) in [5, 5.41) is 14.6. The molecule has 0 aliphatic rings. The molecular weight excluding hydrogens is 259 g/mol. The number of fused-ring (bicyclic) bond motifs is 1. The zero-order valence-electron chi connectivity index (χ0n) is 10.9. The Hall–Kier alpha value is -2.56. The molecular formula is C15H13FN2O2. The Morgan fingerprint density at radius 1 is 1.20 bits per heavy atom. The highest BCUT2D eigenvalue weighted by Crippen LogP contribution is 2.28. The lowest BCUT2D eigenvalue weighted by molar-refractivity contribution is 0.415. The van der Waals surface area contributed by atoms with Crippen molar-refractivity contribution >= 4 is 10.9 Å². The van der Waals surface area contributed by atoms with Gasteiger partial charge in [-0.25, -0.2) is 4.39 Å². The molecule has 0 bridgehead atoms. The first-order chi connectivity index (χ1) is 9.67. The van der Waals surface area contributed by atoms with Gasteiger partial charge in [-0.2, -0.15) is 0 Å². The normalized spacial score (nSPS) is 10.9. The van der Waals surface area contributed by atoms with Gasteiger partial charge in [0, 0.05) is 0 Å². The Morgan fingerprint density at radius 3 is 2.65 bits per heavy atom. The van der Waals surface area contributed by atoms with Gasteiger partial charge in [-0.05, 0) is 35.9 Å². The number of nitrogens with zero attached hydrogens (tertiary/aromatic N) is 2. The van der Waals surface area contributed by atoms with Crippen molar-refractivity contribution in [2.24, 2.45) is 0 Å². The lowest BCUT2D eigenvalue weighted by Gasteiger charge is -2.04. The van der Waals surface area contributed by atoms with E-state index < -0.39 is 0 Å². The van der Waals surface area contributed by atoms with Gasteiger partial charge in [-0.3, -0.25) is 4.68 Å². The minimum atomic E-state index is -0.272. The second kappa shape index (κ2) is 4.85. The first-order valence-corrected chi connectivity index (χ1v) is 6.15. The fourth-order valence-electron chi connectivity index (χ4n) is 2.15. The van der Waals surface area contributed by atoms with E-state index in [2.05, 4.69) is 5.10 Å². The summed E-state index contributed by atoms with van der Waals surface area (Å²) >= 11 is 0. The number of hydrogen-bond donors (Lipinski definition) is 1. The van der Waals surface area contributed by atoms with Gasteiger partial charge >= 0.3 is 0 Å². The summed E-state index contributed by atoms with van der Waals surface area (Å²) in [6.45, 7) is 0.462. The maximum Gasteiger partial charge on any atom is 0.238 e. The fraction of sp³-hybridized carbons (Fsp3) is 0.133. The monoisotopic (exact) mass is 272 g/mol. The van der Waals surface area contributed by atoms with E-state index in [4.69, 9.17) is 4.74 Å². The van der Waals surface area contributed by atoms with Crippen molar-refractivity contribution in [1.29, 1.82) is 0 Å². The standard InChI is InChI=1S/C15H13FN2O2/c1-20-12-6-7-14-13(8-12)15(19)17-18(14)9-10-2-4-11(16)5-3-10/h2-8H,9H2,1H3,(H,17,19). The molecule has 0 radical (unpaired) electrons. The number of aromatic hydroxyl groups is 1. The first kappa shape index (κ1) is 12.5. The van der Waals surface area contributed by atoms with Crippen LogP contribution in [-0.2, 0) is 6.54 Å². The summed E-state index contributed by atoms with van der Waals surface area (Å²) in [4.78, 5) is 0. The van der Waals surface area contributed by atoms with Crippen molar-refractivity contribution in [3.63, 3.8) is 0 Å². The van der Waals surface area contributed by atoms with Gasteiger partial charge in [0.1, 0.15) is 11.6 Å². The Bertz CT molecular complexity index is 750. The van der Waals surface area contributed by atoms with Gasteiger partial charge in [-0.1, -0.05) is 12.1 Å². The number of aromatic nitrogens is 2. The molecule has 0 aliphatic heterocycles. The van der Waals surface area contributed by atoms with Crippen LogP contribution in [-0.4, -0.2) is 22.0 Å². The van der Waals surface area contributed by atoms with E-state index in [0.29, 0.717) is 17.7 Å². The van der Waals surface area contributed by atoms with E-state index in [1.807, 2.05) is 12.1 Å². The molecule has 0 aliphatic carbocycles. The second-order valence-electron chi connectivity index (χ2n) is 4.49. The number of methoxy groups -OCH3 is 1. The van der Waals surface area contributed by atoms with Crippen LogP contribution in [0.1, 0.15) is 5.56 Å². The molecule has 1 aromatic heterocycles. The zero-order chi connectivity index (χ0) is 14.1. The lowest BCUT2D eigenvalue weighted by atomic mass is 10.2. The van der Waals surface area contributed by atoms with Gasteiger partial charge in [0.05, 0.1) is 24.6 Å². The van der Waals surface area contributed by atoms with Crippen LogP contribution in [0.3, 0.4) is 0 Å². The second-order valence-corrected chi connectivity index (χ2v) is 4.49. The van der Waals surface area contributed by atoms with Crippen LogP contribution in [0.15, 0.2) is 42.5 Å². The summed E-state index contributed by atoms with van der Waals surface area (Å²) in [5.74, 6) is 0.349. The van der Waals surface area contributed by atoms with E-state index in [9.17, 15) is 9.50 Å². The Morgan fingerprint density at radius 2 is 1.95 bits per heavy atom. The van der Waals surface area contributed by atoms with Gasteiger partial charge in [0.2, 0.25) is 5.88 Å². The molecule has 0 amide bonds. The quantitative estimate of drug-likeness (QED) is 0.797. The molecule has 3 rings (SSSR count). The minimum absolute atomic E-state index is 0.0407. The molecule has 0 saturated carbocycles. The highest BCUT2D eigenvalue weighted by atomic mass is 19.1. The Labute approximate surface area is 115 Å². The first-order valence-electron chi connectivity index (χ1n) is 6.15. The third-order valence-electron chi connectivity index (χ3n) is 3.18. The average molecular weight is 272 g/mol. The van der Waals surface area contributed by atoms with E-state index >= 15 is 0 Å². The molecule has 1 N–H and O–H groups in total. The van der Waals surface area contributed by atoms with E-state index in [0.717, 1.165) is 11.1 Å². The van der Waals surface area contributed by atoms with Crippen molar-refractivity contribution in [1.82, 2.24) is 9.78 Å². The predicted molar refractivity (Wildman–Crippen MR) is 73.5 cm³/mol. The third kappa shape index (κ3) is 2.18. The van der Waals surface area contributed by atoms with Gasteiger partial charge in [-0.15, -0.1) is 5.10 Å². The van der Waals surface area contributed by atoms with E-state index in [1.165, 1.54) is 12.1 Å². The molecule has 2 aromatic carbocycles. The summed E-state index contributed by atoms with van der Waals surface area (Å²) in [5.41, 5.74) is 1.71. The van der Waals surface area contributed by atoms with Crippen LogP contribution >= 0.6 is 0 Å². The van der Waals surface area contributed by atoms with Crippen LogP contribution < -0.4 is 4.74 Å². The van der Waals surface area contributed by atoms with Crippen molar-refractivity contribution in [2.45, 2.75) is 6.54 Å². The number of ether oxygens (including phenoxy) is 1. The zero-order valence-corrected chi connectivity index (χ0v) is 10.9. The SMILES string of the molecule is COc1ccc2c(c1)c(O)nn2Cc1ccc(F)cc1. The van der Waals surface area contributed by atoms with Crippen molar-refractivity contribution < 1.29 is 14.2 Å². The summed E-state index contributed by atoms with van der Waals surface area (Å²) in [6, 6.07) is 11.6. The molecule has 102 valence electrons.